The molecule has 6 nitrogen and oxygen atoms in total. The fourth-order valence-corrected chi connectivity index (χ4v) is 4.81. The third-order valence-corrected chi connectivity index (χ3v) is 6.29. The Labute approximate surface area is 198 Å². The second kappa shape index (κ2) is 9.13. The van der Waals surface area contributed by atoms with E-state index in [1.54, 1.807) is 29.7 Å². The Morgan fingerprint density at radius 1 is 1.03 bits per heavy atom. The van der Waals surface area contributed by atoms with Gasteiger partial charge in [-0.1, -0.05) is 53.3 Å². The maximum atomic E-state index is 13.0. The average molecular weight is 479 g/mol. The first kappa shape index (κ1) is 21.3. The number of fused-ring (bicyclic) bond motifs is 3. The zero-order valence-electron chi connectivity index (χ0n) is 17.7. The summed E-state index contributed by atoms with van der Waals surface area (Å²) >= 11 is 7.83. The molecule has 5 rings (SSSR count). The number of imidazole rings is 1. The number of benzene rings is 3. The van der Waals surface area contributed by atoms with E-state index < -0.39 is 0 Å². The Balaban J connectivity index is 1.40. The predicted molar refractivity (Wildman–Crippen MR) is 131 cm³/mol. The van der Waals surface area contributed by atoms with Crippen LogP contribution < -0.4 is 24.3 Å². The zero-order valence-corrected chi connectivity index (χ0v) is 19.2. The summed E-state index contributed by atoms with van der Waals surface area (Å²) in [5, 5.41) is 0.388. The highest BCUT2D eigenvalue weighted by Crippen LogP contribution is 2.36. The van der Waals surface area contributed by atoms with Crippen molar-refractivity contribution in [1.82, 2.24) is 9.38 Å². The Kier molecular flexibility index (Phi) is 5.90. The van der Waals surface area contributed by atoms with Crippen LogP contribution in [0.15, 0.2) is 71.5 Å². The largest absolute Gasteiger partial charge is 0.493 e. The summed E-state index contributed by atoms with van der Waals surface area (Å²) < 4.78 is 19.2. The quantitative estimate of drug-likeness (QED) is 0.320. The molecule has 0 atom stereocenters. The number of ether oxygens (including phenoxy) is 3. The first-order chi connectivity index (χ1) is 16.1. The average Bonchev–Trinajstić information content (AvgIpc) is 3.34. The summed E-state index contributed by atoms with van der Waals surface area (Å²) in [6.45, 7) is 0.661. The Morgan fingerprint density at radius 3 is 2.61 bits per heavy atom. The molecule has 0 N–H and O–H groups in total. The second-order valence-electron chi connectivity index (χ2n) is 7.18. The van der Waals surface area contributed by atoms with Crippen LogP contribution in [-0.2, 0) is 0 Å². The van der Waals surface area contributed by atoms with E-state index >= 15 is 0 Å². The van der Waals surface area contributed by atoms with E-state index in [-0.39, 0.29) is 5.56 Å². The van der Waals surface area contributed by atoms with Crippen LogP contribution in [0.2, 0.25) is 5.02 Å². The van der Waals surface area contributed by atoms with Gasteiger partial charge in [-0.05, 0) is 48.0 Å². The number of thiazole rings is 1. The minimum Gasteiger partial charge on any atom is -0.493 e. The number of rotatable bonds is 7. The lowest BCUT2D eigenvalue weighted by Gasteiger charge is -2.13. The number of hydrogen-bond donors (Lipinski definition) is 0. The molecule has 0 unspecified atom stereocenters. The van der Waals surface area contributed by atoms with Crippen molar-refractivity contribution in [3.8, 4) is 17.2 Å². The lowest BCUT2D eigenvalue weighted by atomic mass is 10.2. The van der Waals surface area contributed by atoms with Gasteiger partial charge in [-0.3, -0.25) is 4.79 Å². The fourth-order valence-electron chi connectivity index (χ4n) is 3.55. The van der Waals surface area contributed by atoms with E-state index in [2.05, 4.69) is 4.98 Å². The molecule has 0 bridgehead atoms. The van der Waals surface area contributed by atoms with Crippen molar-refractivity contribution in [2.75, 3.05) is 20.3 Å². The van der Waals surface area contributed by atoms with Gasteiger partial charge in [0.1, 0.15) is 19.0 Å². The minimum atomic E-state index is -0.114. The van der Waals surface area contributed by atoms with Crippen molar-refractivity contribution >= 4 is 45.0 Å². The number of nitrogens with zero attached hydrogens (tertiary/aromatic N) is 2. The maximum absolute atomic E-state index is 13.0. The summed E-state index contributed by atoms with van der Waals surface area (Å²) in [5.74, 6) is 1.68. The van der Waals surface area contributed by atoms with Crippen molar-refractivity contribution in [3.63, 3.8) is 0 Å². The molecule has 0 radical (unpaired) electrons. The van der Waals surface area contributed by atoms with Crippen molar-refractivity contribution in [1.29, 1.82) is 0 Å². The molecule has 0 saturated carbocycles. The minimum absolute atomic E-state index is 0.114. The molecule has 0 aliphatic rings. The lowest BCUT2D eigenvalue weighted by Crippen LogP contribution is -2.22. The van der Waals surface area contributed by atoms with Crippen LogP contribution in [-0.4, -0.2) is 29.7 Å². The summed E-state index contributed by atoms with van der Waals surface area (Å²) in [4.78, 5) is 18.2. The number of hydrogen-bond acceptors (Lipinski definition) is 6. The summed E-state index contributed by atoms with van der Waals surface area (Å²) in [6.07, 6.45) is 1.78. The van der Waals surface area contributed by atoms with Crippen LogP contribution in [0.4, 0.5) is 0 Å². The van der Waals surface area contributed by atoms with E-state index in [9.17, 15) is 4.79 Å². The van der Waals surface area contributed by atoms with Crippen molar-refractivity contribution in [2.24, 2.45) is 0 Å². The molecule has 5 aromatic rings. The summed E-state index contributed by atoms with van der Waals surface area (Å²) in [7, 11) is 1.55. The highest BCUT2D eigenvalue weighted by Gasteiger charge is 2.14. The van der Waals surface area contributed by atoms with E-state index in [0.717, 1.165) is 22.3 Å². The fraction of sp³-hybridized carbons (Fsp3) is 0.120. The Morgan fingerprint density at radius 2 is 1.79 bits per heavy atom. The summed E-state index contributed by atoms with van der Waals surface area (Å²) in [6, 6.07) is 20.6. The molecule has 0 saturated heterocycles. The van der Waals surface area contributed by atoms with E-state index in [1.807, 2.05) is 54.6 Å². The first-order valence-corrected chi connectivity index (χ1v) is 11.4. The maximum Gasteiger partial charge on any atom is 0.274 e. The van der Waals surface area contributed by atoms with E-state index in [4.69, 9.17) is 25.8 Å². The van der Waals surface area contributed by atoms with Crippen LogP contribution in [0.5, 0.6) is 17.2 Å². The molecule has 0 aliphatic heterocycles. The van der Waals surface area contributed by atoms with Crippen LogP contribution >= 0.6 is 22.9 Å². The molecule has 0 spiro atoms. The highest BCUT2D eigenvalue weighted by atomic mass is 35.5. The number of halogens is 1. The molecule has 3 aromatic carbocycles. The van der Waals surface area contributed by atoms with Gasteiger partial charge < -0.3 is 14.2 Å². The van der Waals surface area contributed by atoms with Crippen LogP contribution in [0, 0.1) is 0 Å². The van der Waals surface area contributed by atoms with Gasteiger partial charge in [0, 0.05) is 0 Å². The SMILES string of the molecule is COc1cc(C=c2sc3nc4ccccc4n3c2=O)cc(Cl)c1OCCOc1ccccc1. The van der Waals surface area contributed by atoms with E-state index in [0.29, 0.717) is 39.2 Å². The molecule has 2 aromatic heterocycles. The monoisotopic (exact) mass is 478 g/mol. The Hall–Kier alpha value is -3.55. The van der Waals surface area contributed by atoms with Gasteiger partial charge >= 0.3 is 0 Å². The van der Waals surface area contributed by atoms with Gasteiger partial charge in [0.2, 0.25) is 0 Å². The molecular formula is C25H19ClN2O4S. The van der Waals surface area contributed by atoms with Crippen LogP contribution in [0.3, 0.4) is 0 Å². The first-order valence-electron chi connectivity index (χ1n) is 10.2. The van der Waals surface area contributed by atoms with Crippen LogP contribution in [0.1, 0.15) is 5.56 Å². The topological polar surface area (TPSA) is 62.1 Å². The molecular weight excluding hydrogens is 460 g/mol. The number of para-hydroxylation sites is 3. The van der Waals surface area contributed by atoms with Crippen molar-refractivity contribution in [3.05, 3.63) is 92.2 Å². The molecule has 0 aliphatic carbocycles. The van der Waals surface area contributed by atoms with Gasteiger partial charge in [-0.25, -0.2) is 9.38 Å². The van der Waals surface area contributed by atoms with Gasteiger partial charge in [0.25, 0.3) is 5.56 Å². The molecule has 2 heterocycles. The summed E-state index contributed by atoms with van der Waals surface area (Å²) in [5.41, 5.74) is 2.22. The molecule has 0 amide bonds. The van der Waals surface area contributed by atoms with E-state index in [1.165, 1.54) is 11.3 Å². The number of methoxy groups -OCH3 is 1. The standard InChI is InChI=1S/C25H19ClN2O4S/c1-30-21-14-16(13-18(26)23(21)32-12-11-31-17-7-3-2-4-8-17)15-22-24(29)28-20-10-6-5-9-19(20)27-25(28)33-22/h2-10,13-15H,11-12H2,1H3. The normalized spacial score (nSPS) is 11.9. The zero-order chi connectivity index (χ0) is 22.8. The lowest BCUT2D eigenvalue weighted by molar-refractivity contribution is 0.211. The number of aromatic nitrogens is 2. The molecule has 8 heteroatoms. The smallest absolute Gasteiger partial charge is 0.274 e. The van der Waals surface area contributed by atoms with Gasteiger partial charge in [-0.2, -0.15) is 0 Å². The van der Waals surface area contributed by atoms with Gasteiger partial charge in [0.05, 0.1) is 27.7 Å². The third kappa shape index (κ3) is 4.25. The molecule has 0 fully saturated rings. The van der Waals surface area contributed by atoms with Crippen LogP contribution in [0.25, 0.3) is 22.1 Å². The van der Waals surface area contributed by atoms with Crippen molar-refractivity contribution in [2.45, 2.75) is 0 Å². The Bertz CT molecular complexity index is 1550. The third-order valence-electron chi connectivity index (χ3n) is 5.04. The van der Waals surface area contributed by atoms with Gasteiger partial charge in [-0.15, -0.1) is 0 Å². The molecule has 166 valence electrons. The predicted octanol–water partition coefficient (Wildman–Crippen LogP) is 4.58. The molecule has 33 heavy (non-hydrogen) atoms. The second-order valence-corrected chi connectivity index (χ2v) is 8.59. The highest BCUT2D eigenvalue weighted by molar-refractivity contribution is 7.15. The van der Waals surface area contributed by atoms with Gasteiger partial charge in [0.15, 0.2) is 16.5 Å². The van der Waals surface area contributed by atoms with Crippen molar-refractivity contribution < 1.29 is 14.2 Å².